The molecule has 0 aliphatic rings. The molecular weight excluding hydrogens is 280 g/mol. The first-order valence-corrected chi connectivity index (χ1v) is 8.81. The molecule has 0 spiro atoms. The molecule has 0 saturated carbocycles. The Labute approximate surface area is 127 Å². The Balaban J connectivity index is 2.19. The summed E-state index contributed by atoms with van der Waals surface area (Å²) in [5.74, 6) is 0.196. The van der Waals surface area contributed by atoms with Crippen LogP contribution < -0.4 is 0 Å². The van der Waals surface area contributed by atoms with E-state index in [0.29, 0.717) is 11.3 Å². The molecule has 2 aromatic carbocycles. The molecule has 2 rings (SSSR count). The maximum atomic E-state index is 12.3. The fourth-order valence-electron chi connectivity index (χ4n) is 2.04. The van der Waals surface area contributed by atoms with Crippen molar-refractivity contribution in [3.8, 4) is 11.1 Å². The first kappa shape index (κ1) is 15.8. The molecule has 0 aliphatic heterocycles. The number of sulfone groups is 1. The third kappa shape index (κ3) is 4.43. The van der Waals surface area contributed by atoms with Crippen LogP contribution in [0.4, 0.5) is 0 Å². The largest absolute Gasteiger partial charge is 0.224 e. The van der Waals surface area contributed by atoms with Crippen molar-refractivity contribution in [2.75, 3.05) is 5.75 Å². The molecule has 0 N–H and O–H groups in total. The highest BCUT2D eigenvalue weighted by Crippen LogP contribution is 2.24. The van der Waals surface area contributed by atoms with Crippen LogP contribution in [0.25, 0.3) is 11.1 Å². The summed E-state index contributed by atoms with van der Waals surface area (Å²) in [6, 6.07) is 17.1. The van der Waals surface area contributed by atoms with Crippen molar-refractivity contribution in [3.05, 3.63) is 54.6 Å². The zero-order valence-electron chi connectivity index (χ0n) is 12.8. The Morgan fingerprint density at radius 2 is 1.33 bits per heavy atom. The van der Waals surface area contributed by atoms with Gasteiger partial charge in [-0.3, -0.25) is 0 Å². The summed E-state index contributed by atoms with van der Waals surface area (Å²) in [5.41, 5.74) is 2.15. The van der Waals surface area contributed by atoms with Crippen LogP contribution in [0.5, 0.6) is 0 Å². The number of hydrogen-bond donors (Lipinski definition) is 0. The van der Waals surface area contributed by atoms with Gasteiger partial charge >= 0.3 is 0 Å². The van der Waals surface area contributed by atoms with E-state index in [1.165, 1.54) is 0 Å². The zero-order valence-corrected chi connectivity index (χ0v) is 13.7. The van der Waals surface area contributed by atoms with Gasteiger partial charge in [-0.15, -0.1) is 0 Å². The molecule has 21 heavy (non-hydrogen) atoms. The Bertz CT molecular complexity index is 678. The molecule has 0 unspecified atom stereocenters. The van der Waals surface area contributed by atoms with E-state index >= 15 is 0 Å². The van der Waals surface area contributed by atoms with Gasteiger partial charge < -0.3 is 0 Å². The first-order valence-electron chi connectivity index (χ1n) is 7.16. The highest BCUT2D eigenvalue weighted by Gasteiger charge is 2.19. The summed E-state index contributed by atoms with van der Waals surface area (Å²) < 4.78 is 24.7. The maximum absolute atomic E-state index is 12.3. The van der Waals surface area contributed by atoms with Crippen molar-refractivity contribution < 1.29 is 8.42 Å². The lowest BCUT2D eigenvalue weighted by molar-refractivity contribution is 0.397. The van der Waals surface area contributed by atoms with Gasteiger partial charge in [0.05, 0.1) is 10.6 Å². The fourth-order valence-corrected chi connectivity index (χ4v) is 3.71. The third-order valence-corrected chi connectivity index (χ3v) is 5.17. The van der Waals surface area contributed by atoms with Crippen molar-refractivity contribution >= 4 is 9.84 Å². The van der Waals surface area contributed by atoms with Crippen molar-refractivity contribution in [2.45, 2.75) is 32.1 Å². The van der Waals surface area contributed by atoms with Crippen LogP contribution in [0.1, 0.15) is 27.2 Å². The fraction of sp³-hybridized carbons (Fsp3) is 0.333. The molecule has 0 bridgehead atoms. The van der Waals surface area contributed by atoms with Crippen LogP contribution in [-0.2, 0) is 9.84 Å². The van der Waals surface area contributed by atoms with E-state index in [1.807, 2.05) is 42.5 Å². The Hall–Kier alpha value is -1.61. The summed E-state index contributed by atoms with van der Waals surface area (Å²) in [6.45, 7) is 6.17. The van der Waals surface area contributed by atoms with E-state index < -0.39 is 9.84 Å². The molecule has 3 heteroatoms. The average Bonchev–Trinajstić information content (AvgIpc) is 2.46. The zero-order chi connectivity index (χ0) is 15.5. The molecule has 0 heterocycles. The molecule has 0 fully saturated rings. The second kappa shape index (κ2) is 6.02. The van der Waals surface area contributed by atoms with Crippen LogP contribution in [0.3, 0.4) is 0 Å². The quantitative estimate of drug-likeness (QED) is 0.829. The van der Waals surface area contributed by atoms with Gasteiger partial charge in [0.2, 0.25) is 0 Å². The van der Waals surface area contributed by atoms with Gasteiger partial charge in [-0.2, -0.15) is 0 Å². The molecule has 0 aromatic heterocycles. The normalized spacial score (nSPS) is 12.3. The SMILES string of the molecule is CC(C)(C)CCS(=O)(=O)c1ccc(-c2ccccc2)cc1. The lowest BCUT2D eigenvalue weighted by Gasteiger charge is -2.17. The lowest BCUT2D eigenvalue weighted by Crippen LogP contribution is -2.14. The van der Waals surface area contributed by atoms with Crippen LogP contribution in [0, 0.1) is 5.41 Å². The summed E-state index contributed by atoms with van der Waals surface area (Å²) in [6.07, 6.45) is 0.662. The summed E-state index contributed by atoms with van der Waals surface area (Å²) in [5, 5.41) is 0. The van der Waals surface area contributed by atoms with Crippen LogP contribution in [0.2, 0.25) is 0 Å². The second-order valence-corrected chi connectivity index (χ2v) is 8.63. The smallest absolute Gasteiger partial charge is 0.178 e. The molecule has 2 aromatic rings. The van der Waals surface area contributed by atoms with Crippen LogP contribution >= 0.6 is 0 Å². The van der Waals surface area contributed by atoms with E-state index in [-0.39, 0.29) is 11.2 Å². The highest BCUT2D eigenvalue weighted by atomic mass is 32.2. The highest BCUT2D eigenvalue weighted by molar-refractivity contribution is 7.91. The van der Waals surface area contributed by atoms with E-state index in [9.17, 15) is 8.42 Å². The minimum absolute atomic E-state index is 0.0249. The number of rotatable bonds is 4. The Morgan fingerprint density at radius 1 is 0.810 bits per heavy atom. The lowest BCUT2D eigenvalue weighted by atomic mass is 9.94. The molecule has 2 nitrogen and oxygen atoms in total. The van der Waals surface area contributed by atoms with Crippen molar-refractivity contribution in [1.29, 1.82) is 0 Å². The molecule has 112 valence electrons. The monoisotopic (exact) mass is 302 g/mol. The van der Waals surface area contributed by atoms with Gasteiger partial charge in [0.1, 0.15) is 0 Å². The minimum Gasteiger partial charge on any atom is -0.224 e. The number of hydrogen-bond acceptors (Lipinski definition) is 2. The van der Waals surface area contributed by atoms with Crippen molar-refractivity contribution in [1.82, 2.24) is 0 Å². The Kier molecular flexibility index (Phi) is 4.52. The average molecular weight is 302 g/mol. The molecule has 0 saturated heterocycles. The molecule has 0 amide bonds. The predicted octanol–water partition coefficient (Wildman–Crippen LogP) is 4.56. The Morgan fingerprint density at radius 3 is 1.86 bits per heavy atom. The van der Waals surface area contributed by atoms with Gasteiger partial charge in [0, 0.05) is 0 Å². The second-order valence-electron chi connectivity index (χ2n) is 6.52. The summed E-state index contributed by atoms with van der Waals surface area (Å²) in [7, 11) is -3.19. The van der Waals surface area contributed by atoms with Gasteiger partial charge in [-0.25, -0.2) is 8.42 Å². The third-order valence-electron chi connectivity index (χ3n) is 3.44. The topological polar surface area (TPSA) is 34.1 Å². The maximum Gasteiger partial charge on any atom is 0.178 e. The molecule has 0 atom stereocenters. The van der Waals surface area contributed by atoms with E-state index in [2.05, 4.69) is 20.8 Å². The van der Waals surface area contributed by atoms with E-state index in [0.717, 1.165) is 11.1 Å². The van der Waals surface area contributed by atoms with Crippen LogP contribution in [0.15, 0.2) is 59.5 Å². The van der Waals surface area contributed by atoms with E-state index in [1.54, 1.807) is 12.1 Å². The van der Waals surface area contributed by atoms with Gasteiger partial charge in [0.15, 0.2) is 9.84 Å². The van der Waals surface area contributed by atoms with Gasteiger partial charge in [-0.1, -0.05) is 63.2 Å². The molecular formula is C18H22O2S. The standard InChI is InChI=1S/C18H22O2S/c1-18(2,3)13-14-21(19,20)17-11-9-16(10-12-17)15-7-5-4-6-8-15/h4-12H,13-14H2,1-3H3. The molecule has 0 radical (unpaired) electrons. The van der Waals surface area contributed by atoms with Crippen molar-refractivity contribution in [2.24, 2.45) is 5.41 Å². The summed E-state index contributed by atoms with van der Waals surface area (Å²) in [4.78, 5) is 0.409. The summed E-state index contributed by atoms with van der Waals surface area (Å²) >= 11 is 0. The van der Waals surface area contributed by atoms with Crippen LogP contribution in [-0.4, -0.2) is 14.2 Å². The number of benzene rings is 2. The van der Waals surface area contributed by atoms with Gasteiger partial charge in [-0.05, 0) is 35.1 Å². The van der Waals surface area contributed by atoms with Crippen molar-refractivity contribution in [3.63, 3.8) is 0 Å². The van der Waals surface area contributed by atoms with E-state index in [4.69, 9.17) is 0 Å². The minimum atomic E-state index is -3.19. The first-order chi connectivity index (χ1) is 9.78. The molecule has 0 aliphatic carbocycles. The predicted molar refractivity (Wildman–Crippen MR) is 88.0 cm³/mol. The van der Waals surface area contributed by atoms with Gasteiger partial charge in [0.25, 0.3) is 0 Å².